The first-order valence-corrected chi connectivity index (χ1v) is 5.47. The van der Waals surface area contributed by atoms with Crippen LogP contribution in [0.4, 0.5) is 0 Å². The molecule has 0 saturated heterocycles. The fourth-order valence-corrected chi connectivity index (χ4v) is 1.79. The molecule has 0 radical (unpaired) electrons. The van der Waals surface area contributed by atoms with Crippen LogP contribution in [0.25, 0.3) is 0 Å². The molecule has 2 aromatic heterocycles. The number of aryl methyl sites for hydroxylation is 1. The van der Waals surface area contributed by atoms with Gasteiger partial charge in [0.25, 0.3) is 0 Å². The first-order chi connectivity index (χ1) is 7.66. The number of imidazole rings is 1. The summed E-state index contributed by atoms with van der Waals surface area (Å²) in [6.07, 6.45) is 4.45. The highest BCUT2D eigenvalue weighted by Gasteiger charge is 2.16. The maximum absolute atomic E-state index is 11.7. The minimum absolute atomic E-state index is 0.154. The third-order valence-electron chi connectivity index (χ3n) is 2.02. The summed E-state index contributed by atoms with van der Waals surface area (Å²) in [4.78, 5) is 31.5. The number of rotatable bonds is 4. The summed E-state index contributed by atoms with van der Waals surface area (Å²) in [7, 11) is 1.77. The van der Waals surface area contributed by atoms with Crippen molar-refractivity contribution < 1.29 is 9.59 Å². The molecule has 0 fully saturated rings. The van der Waals surface area contributed by atoms with Crippen molar-refractivity contribution in [1.82, 2.24) is 14.5 Å². The Morgan fingerprint density at radius 1 is 1.44 bits per heavy atom. The first-order valence-electron chi connectivity index (χ1n) is 4.59. The van der Waals surface area contributed by atoms with Crippen LogP contribution < -0.4 is 0 Å². The smallest absolute Gasteiger partial charge is 0.190 e. The molecule has 0 unspecified atom stereocenters. The zero-order chi connectivity index (χ0) is 11.5. The van der Waals surface area contributed by atoms with Gasteiger partial charge in [-0.15, -0.1) is 11.3 Å². The molecule has 2 heterocycles. The molecular formula is C10H9N3O2S. The lowest BCUT2D eigenvalue weighted by Crippen LogP contribution is -2.07. The summed E-state index contributed by atoms with van der Waals surface area (Å²) in [5, 5.41) is 0. The third-order valence-corrected chi connectivity index (χ3v) is 2.83. The van der Waals surface area contributed by atoms with E-state index in [2.05, 4.69) is 9.97 Å². The zero-order valence-corrected chi connectivity index (χ0v) is 9.40. The summed E-state index contributed by atoms with van der Waals surface area (Å²) in [6.45, 7) is 0. The van der Waals surface area contributed by atoms with Gasteiger partial charge in [-0.2, -0.15) is 0 Å². The monoisotopic (exact) mass is 235 g/mol. The molecule has 6 heteroatoms. The highest BCUT2D eigenvalue weighted by molar-refractivity contribution is 7.11. The molecule has 0 bridgehead atoms. The molecule has 0 aliphatic carbocycles. The number of thiazole rings is 1. The van der Waals surface area contributed by atoms with Crippen LogP contribution >= 0.6 is 11.3 Å². The average molecular weight is 235 g/mol. The van der Waals surface area contributed by atoms with Gasteiger partial charge >= 0.3 is 0 Å². The van der Waals surface area contributed by atoms with Gasteiger partial charge in [-0.3, -0.25) is 14.6 Å². The Balaban J connectivity index is 2.06. The van der Waals surface area contributed by atoms with Gasteiger partial charge in [0.1, 0.15) is 5.69 Å². The molecule has 16 heavy (non-hydrogen) atoms. The summed E-state index contributed by atoms with van der Waals surface area (Å²) in [5.74, 6) is -0.475. The van der Waals surface area contributed by atoms with Crippen LogP contribution in [-0.4, -0.2) is 26.1 Å². The lowest BCUT2D eigenvalue weighted by molar-refractivity contribution is 0.0894. The van der Waals surface area contributed by atoms with E-state index in [-0.39, 0.29) is 18.0 Å². The number of nitrogens with zero attached hydrogens (tertiary/aromatic N) is 3. The second kappa shape index (κ2) is 4.36. The van der Waals surface area contributed by atoms with Crippen LogP contribution in [0, 0.1) is 0 Å². The summed E-state index contributed by atoms with van der Waals surface area (Å²) >= 11 is 1.23. The molecule has 2 aromatic rings. The molecule has 0 amide bonds. The largest absolute Gasteiger partial charge is 0.340 e. The average Bonchev–Trinajstić information content (AvgIpc) is 2.87. The highest BCUT2D eigenvalue weighted by Crippen LogP contribution is 2.10. The first kappa shape index (κ1) is 10.7. The van der Waals surface area contributed by atoms with Crippen LogP contribution in [0.3, 0.4) is 0 Å². The lowest BCUT2D eigenvalue weighted by atomic mass is 10.1. The zero-order valence-electron chi connectivity index (χ0n) is 8.58. The summed E-state index contributed by atoms with van der Waals surface area (Å²) < 4.78 is 1.67. The maximum atomic E-state index is 11.7. The normalized spacial score (nSPS) is 10.3. The molecule has 82 valence electrons. The van der Waals surface area contributed by atoms with E-state index in [4.69, 9.17) is 0 Å². The molecule has 0 aromatic carbocycles. The highest BCUT2D eigenvalue weighted by atomic mass is 32.1. The number of carbonyl (C=O) groups excluding carboxylic acids is 2. The quantitative estimate of drug-likeness (QED) is 0.592. The van der Waals surface area contributed by atoms with Crippen molar-refractivity contribution in [2.75, 3.05) is 0 Å². The van der Waals surface area contributed by atoms with Crippen molar-refractivity contribution in [1.29, 1.82) is 0 Å². The lowest BCUT2D eigenvalue weighted by Gasteiger charge is -1.94. The van der Waals surface area contributed by atoms with Crippen LogP contribution in [0.5, 0.6) is 0 Å². The minimum atomic E-state index is -0.265. The fourth-order valence-electron chi connectivity index (χ4n) is 1.23. The molecule has 0 saturated carbocycles. The minimum Gasteiger partial charge on any atom is -0.340 e. The van der Waals surface area contributed by atoms with Crippen molar-refractivity contribution in [2.24, 2.45) is 7.05 Å². The van der Waals surface area contributed by atoms with Crippen molar-refractivity contribution in [3.8, 4) is 0 Å². The Bertz CT molecular complexity index is 516. The van der Waals surface area contributed by atoms with Gasteiger partial charge in [0.15, 0.2) is 11.6 Å². The van der Waals surface area contributed by atoms with Crippen LogP contribution in [0.15, 0.2) is 24.2 Å². The summed E-state index contributed by atoms with van der Waals surface area (Å²) in [6, 6.07) is 0. The molecule has 0 spiro atoms. The van der Waals surface area contributed by atoms with E-state index in [9.17, 15) is 9.59 Å². The van der Waals surface area contributed by atoms with Gasteiger partial charge < -0.3 is 4.57 Å². The van der Waals surface area contributed by atoms with E-state index in [1.807, 2.05) is 0 Å². The van der Waals surface area contributed by atoms with Gasteiger partial charge in [0.05, 0.1) is 23.1 Å². The number of hydrogen-bond donors (Lipinski definition) is 0. The van der Waals surface area contributed by atoms with Crippen LogP contribution in [0.1, 0.15) is 26.6 Å². The van der Waals surface area contributed by atoms with E-state index >= 15 is 0 Å². The molecular weight excluding hydrogens is 226 g/mol. The number of ketones is 2. The molecule has 2 rings (SSSR count). The van der Waals surface area contributed by atoms with Gasteiger partial charge in [-0.1, -0.05) is 0 Å². The van der Waals surface area contributed by atoms with Gasteiger partial charge in [-0.25, -0.2) is 4.98 Å². The Morgan fingerprint density at radius 2 is 2.25 bits per heavy atom. The van der Waals surface area contributed by atoms with Crippen molar-refractivity contribution in [3.05, 3.63) is 34.8 Å². The molecule has 0 atom stereocenters. The van der Waals surface area contributed by atoms with Crippen molar-refractivity contribution in [3.63, 3.8) is 0 Å². The molecule has 0 aliphatic rings. The SMILES string of the molecule is Cn1cnc(C(=O)CC(=O)c2cncs2)c1. The molecule has 5 nitrogen and oxygen atoms in total. The Morgan fingerprint density at radius 3 is 2.81 bits per heavy atom. The number of Topliss-reactive ketones (excluding diaryl/α,β-unsaturated/α-hetero) is 2. The van der Waals surface area contributed by atoms with Gasteiger partial charge in [0, 0.05) is 19.4 Å². The van der Waals surface area contributed by atoms with E-state index < -0.39 is 0 Å². The Hall–Kier alpha value is -1.82. The van der Waals surface area contributed by atoms with Crippen LogP contribution in [0.2, 0.25) is 0 Å². The van der Waals surface area contributed by atoms with E-state index in [1.54, 1.807) is 23.3 Å². The van der Waals surface area contributed by atoms with E-state index in [1.165, 1.54) is 23.9 Å². The van der Waals surface area contributed by atoms with Crippen LogP contribution in [-0.2, 0) is 7.05 Å². The number of carbonyl (C=O) groups is 2. The van der Waals surface area contributed by atoms with Crippen molar-refractivity contribution >= 4 is 22.9 Å². The van der Waals surface area contributed by atoms with E-state index in [0.29, 0.717) is 10.6 Å². The molecule has 0 N–H and O–H groups in total. The fraction of sp³-hybridized carbons (Fsp3) is 0.200. The number of hydrogen-bond acceptors (Lipinski definition) is 5. The topological polar surface area (TPSA) is 64.8 Å². The van der Waals surface area contributed by atoms with Gasteiger partial charge in [-0.05, 0) is 0 Å². The van der Waals surface area contributed by atoms with Crippen molar-refractivity contribution in [2.45, 2.75) is 6.42 Å². The maximum Gasteiger partial charge on any atom is 0.190 e. The number of aromatic nitrogens is 3. The second-order valence-corrected chi connectivity index (χ2v) is 4.20. The molecule has 0 aliphatic heterocycles. The van der Waals surface area contributed by atoms with Gasteiger partial charge in [0.2, 0.25) is 0 Å². The standard InChI is InChI=1S/C10H9N3O2S/c1-13-4-7(12-5-13)8(14)2-9(15)10-3-11-6-16-10/h3-6H,2H2,1H3. The van der Waals surface area contributed by atoms with E-state index in [0.717, 1.165) is 0 Å². The second-order valence-electron chi connectivity index (χ2n) is 3.31. The third kappa shape index (κ3) is 2.22. The Labute approximate surface area is 95.8 Å². The Kier molecular flexibility index (Phi) is 2.91. The predicted molar refractivity (Wildman–Crippen MR) is 58.6 cm³/mol. The summed E-state index contributed by atoms with van der Waals surface area (Å²) in [5.41, 5.74) is 1.89. The predicted octanol–water partition coefficient (Wildman–Crippen LogP) is 1.33.